The molecule has 1 unspecified atom stereocenters. The molecule has 0 fully saturated rings. The van der Waals surface area contributed by atoms with E-state index in [-0.39, 0.29) is 77.8 Å². The van der Waals surface area contributed by atoms with E-state index < -0.39 is 0 Å². The van der Waals surface area contributed by atoms with Gasteiger partial charge in [0.15, 0.2) is 0 Å². The van der Waals surface area contributed by atoms with Gasteiger partial charge in [-0.3, -0.25) is 6.08 Å². The second-order valence-corrected chi connectivity index (χ2v) is 5.89. The molecular formula is C28H47Hf-9. The van der Waals surface area contributed by atoms with Gasteiger partial charge in [-0.05, 0) is 13.8 Å². The minimum absolute atomic E-state index is 0. The molecular weight excluding hydrogens is 515 g/mol. The van der Waals surface area contributed by atoms with Gasteiger partial charge in [0.25, 0.3) is 0 Å². The Morgan fingerprint density at radius 1 is 0.828 bits per heavy atom. The number of hydrogen-bond acceptors (Lipinski definition) is 0. The third kappa shape index (κ3) is 14.8. The van der Waals surface area contributed by atoms with Crippen LogP contribution in [-0.2, 0) is 25.8 Å². The molecule has 0 saturated carbocycles. The summed E-state index contributed by atoms with van der Waals surface area (Å²) in [6.07, 6.45) is 10.9. The molecule has 0 aliphatic heterocycles. The maximum absolute atomic E-state index is 3.51. The molecule has 0 saturated heterocycles. The van der Waals surface area contributed by atoms with Gasteiger partial charge in [-0.2, -0.15) is 23.8 Å². The van der Waals surface area contributed by atoms with Gasteiger partial charge in [0, 0.05) is 25.8 Å². The maximum atomic E-state index is 3.51. The standard InChI is InChI=1S/C16H21.C5H5.7CH3.Hf/c1-4-5-6-7-14-8-9-15-10-12(2)13(3)11-16(14)15;1-2-4-5-3-1;;;;;;;;/h9-11,14H,4-7H2,1-3H3;1-5H;7*1H3;/q9*-1;. The average molecular weight is 562 g/mol. The molecule has 1 heteroatoms. The number of fused-ring (bicyclic) bond motifs is 1. The van der Waals surface area contributed by atoms with E-state index in [4.69, 9.17) is 0 Å². The summed E-state index contributed by atoms with van der Waals surface area (Å²) >= 11 is 0. The fraction of sp³-hybridized carbons (Fsp3) is 0.286. The van der Waals surface area contributed by atoms with Crippen molar-refractivity contribution in [2.45, 2.75) is 52.4 Å². The van der Waals surface area contributed by atoms with E-state index in [1.165, 1.54) is 47.9 Å². The molecule has 1 aliphatic carbocycles. The molecule has 0 radical (unpaired) electrons. The first kappa shape index (κ1) is 46.4. The number of aryl methyl sites for hydroxylation is 2. The van der Waals surface area contributed by atoms with Gasteiger partial charge in [0.05, 0.1) is 0 Å². The summed E-state index contributed by atoms with van der Waals surface area (Å²) in [7, 11) is 0. The zero-order chi connectivity index (χ0) is 15.1. The second kappa shape index (κ2) is 25.2. The van der Waals surface area contributed by atoms with Crippen LogP contribution in [-0.4, -0.2) is 0 Å². The minimum atomic E-state index is 0. The van der Waals surface area contributed by atoms with Gasteiger partial charge in [0.1, 0.15) is 0 Å². The summed E-state index contributed by atoms with van der Waals surface area (Å²) in [5.41, 5.74) is 5.70. The van der Waals surface area contributed by atoms with Crippen LogP contribution < -0.4 is 0 Å². The zero-order valence-corrected chi connectivity index (χ0v) is 24.6. The fourth-order valence-electron chi connectivity index (χ4n) is 2.73. The molecule has 0 bridgehead atoms. The molecule has 0 spiro atoms. The Morgan fingerprint density at radius 2 is 1.34 bits per heavy atom. The number of unbranched alkanes of at least 4 members (excludes halogenated alkanes) is 2. The fourth-order valence-corrected chi connectivity index (χ4v) is 2.73. The first-order valence-corrected chi connectivity index (χ1v) is 8.09. The van der Waals surface area contributed by atoms with Gasteiger partial charge >= 0.3 is 0 Å². The summed E-state index contributed by atoms with van der Waals surface area (Å²) in [5.74, 6) is 0.556. The van der Waals surface area contributed by atoms with Crippen LogP contribution in [0.4, 0.5) is 0 Å². The summed E-state index contributed by atoms with van der Waals surface area (Å²) in [4.78, 5) is 0. The average Bonchev–Trinajstić information content (AvgIpc) is 3.14. The van der Waals surface area contributed by atoms with Crippen LogP contribution in [0.3, 0.4) is 0 Å². The Morgan fingerprint density at radius 3 is 1.79 bits per heavy atom. The third-order valence-electron chi connectivity index (χ3n) is 4.17. The van der Waals surface area contributed by atoms with Crippen LogP contribution in [0.25, 0.3) is 6.08 Å². The van der Waals surface area contributed by atoms with Crippen molar-refractivity contribution in [3.05, 3.63) is 123 Å². The maximum Gasteiger partial charge on any atom is 0 e. The molecule has 0 nitrogen and oxygen atoms in total. The molecule has 2 aromatic carbocycles. The van der Waals surface area contributed by atoms with E-state index in [2.05, 4.69) is 45.1 Å². The van der Waals surface area contributed by atoms with Crippen LogP contribution in [0.2, 0.25) is 0 Å². The first-order valence-electron chi connectivity index (χ1n) is 8.09. The Bertz CT molecular complexity index is 547. The van der Waals surface area contributed by atoms with Crippen molar-refractivity contribution in [1.82, 2.24) is 0 Å². The van der Waals surface area contributed by atoms with Crippen LogP contribution in [0, 0.1) is 71.9 Å². The van der Waals surface area contributed by atoms with Gasteiger partial charge in [0.2, 0.25) is 0 Å². The van der Waals surface area contributed by atoms with Gasteiger partial charge in [-0.15, -0.1) is 11.6 Å². The number of benzene rings is 1. The molecule has 2 aromatic rings. The summed E-state index contributed by atoms with van der Waals surface area (Å²) in [6.45, 7) is 6.65. The predicted octanol–water partition coefficient (Wildman–Crippen LogP) is 9.35. The van der Waals surface area contributed by atoms with Crippen molar-refractivity contribution in [3.8, 4) is 0 Å². The van der Waals surface area contributed by atoms with Crippen LogP contribution in [0.1, 0.15) is 60.8 Å². The molecule has 0 heterocycles. The number of rotatable bonds is 4. The molecule has 0 N–H and O–H groups in total. The zero-order valence-electron chi connectivity index (χ0n) is 21.0. The molecule has 1 atom stereocenters. The molecule has 0 aromatic heterocycles. The summed E-state index contributed by atoms with van der Waals surface area (Å²) < 4.78 is 0. The van der Waals surface area contributed by atoms with Crippen LogP contribution in [0.5, 0.6) is 0 Å². The Hall–Kier alpha value is -0.820. The van der Waals surface area contributed by atoms with Crippen molar-refractivity contribution in [2.75, 3.05) is 0 Å². The van der Waals surface area contributed by atoms with E-state index in [9.17, 15) is 0 Å². The number of hydrogen-bond donors (Lipinski definition) is 0. The first-order chi connectivity index (χ1) is 10.2. The molecule has 3 rings (SSSR count). The van der Waals surface area contributed by atoms with Gasteiger partial charge in [-0.1, -0.05) is 55.7 Å². The minimum Gasteiger partial charge on any atom is -0.358 e. The van der Waals surface area contributed by atoms with Gasteiger partial charge < -0.3 is 52.0 Å². The van der Waals surface area contributed by atoms with E-state index in [0.717, 1.165) is 0 Å². The van der Waals surface area contributed by atoms with E-state index in [1.807, 2.05) is 30.3 Å². The van der Waals surface area contributed by atoms with Crippen molar-refractivity contribution in [2.24, 2.45) is 0 Å². The van der Waals surface area contributed by atoms with E-state index in [0.29, 0.717) is 5.92 Å². The summed E-state index contributed by atoms with van der Waals surface area (Å²) in [5, 5.41) is 0. The predicted molar refractivity (Wildman–Crippen MR) is 137 cm³/mol. The van der Waals surface area contributed by atoms with Crippen molar-refractivity contribution in [1.29, 1.82) is 0 Å². The molecule has 29 heavy (non-hydrogen) atoms. The number of allylic oxidation sites excluding steroid dienone is 1. The normalized spacial score (nSPS) is 11.2. The van der Waals surface area contributed by atoms with Gasteiger partial charge in [-0.25, -0.2) is 18.2 Å². The topological polar surface area (TPSA) is 0 Å². The third-order valence-corrected chi connectivity index (χ3v) is 4.17. The second-order valence-electron chi connectivity index (χ2n) is 5.89. The van der Waals surface area contributed by atoms with Crippen molar-refractivity contribution in [3.63, 3.8) is 0 Å². The Balaban J connectivity index is -0.0000000667. The quantitative estimate of drug-likeness (QED) is 0.198. The van der Waals surface area contributed by atoms with Crippen molar-refractivity contribution < 1.29 is 25.8 Å². The largest absolute Gasteiger partial charge is 0.358 e. The Kier molecular flexibility index (Phi) is 40.4. The molecule has 172 valence electrons. The smallest absolute Gasteiger partial charge is 0 e. The monoisotopic (exact) mass is 563 g/mol. The molecule has 0 amide bonds. The molecule has 1 aliphatic rings. The van der Waals surface area contributed by atoms with E-state index in [1.54, 1.807) is 0 Å². The van der Waals surface area contributed by atoms with Crippen LogP contribution in [0.15, 0.2) is 42.5 Å². The van der Waals surface area contributed by atoms with Crippen molar-refractivity contribution >= 4 is 6.08 Å². The SMILES string of the molecule is CCCCCC1[C-]=Cc2cc(C)c(C)cc21.[CH3-].[CH3-].[CH3-].[CH3-].[CH3-].[CH3-].[CH3-].[Hf].c1cc[cH-]c1. The van der Waals surface area contributed by atoms with E-state index >= 15 is 0 Å². The van der Waals surface area contributed by atoms with Crippen LogP contribution >= 0.6 is 0 Å². The summed E-state index contributed by atoms with van der Waals surface area (Å²) in [6, 6.07) is 14.7. The Labute approximate surface area is 206 Å².